The molecule has 1 aliphatic heterocycles. The molecule has 0 saturated carbocycles. The second-order valence-electron chi connectivity index (χ2n) is 3.14. The van der Waals surface area contributed by atoms with Crippen LogP contribution in [0, 0.1) is 6.92 Å². The van der Waals surface area contributed by atoms with Gasteiger partial charge < -0.3 is 15.4 Å². The smallest absolute Gasteiger partial charge is 0.230 e. The van der Waals surface area contributed by atoms with E-state index in [1.165, 1.54) is 0 Å². The fourth-order valence-corrected chi connectivity index (χ4v) is 1.39. The van der Waals surface area contributed by atoms with Crippen LogP contribution in [-0.4, -0.2) is 41.3 Å². The third-order valence-electron chi connectivity index (χ3n) is 2.05. The Morgan fingerprint density at radius 2 is 1.93 bits per heavy atom. The van der Waals surface area contributed by atoms with Gasteiger partial charge in [-0.25, -0.2) is 0 Å². The molecule has 0 aromatic carbocycles. The number of nitrogens with two attached hydrogens (primary N) is 1. The molecule has 0 atom stereocenters. The molecule has 1 fully saturated rings. The second kappa shape index (κ2) is 3.75. The summed E-state index contributed by atoms with van der Waals surface area (Å²) < 4.78 is 5.24. The Labute approximate surface area is 82.1 Å². The zero-order valence-corrected chi connectivity index (χ0v) is 8.10. The van der Waals surface area contributed by atoms with Crippen LogP contribution in [-0.2, 0) is 4.74 Å². The lowest BCUT2D eigenvalue weighted by molar-refractivity contribution is 0.122. The number of hydrogen-bond acceptors (Lipinski definition) is 6. The Bertz CT molecular complexity index is 303. The molecule has 1 aliphatic rings. The van der Waals surface area contributed by atoms with Gasteiger partial charge in [-0.3, -0.25) is 0 Å². The predicted molar refractivity (Wildman–Crippen MR) is 52.0 cm³/mol. The van der Waals surface area contributed by atoms with E-state index in [-0.39, 0.29) is 5.95 Å². The van der Waals surface area contributed by atoms with Gasteiger partial charge in [-0.2, -0.15) is 15.0 Å². The van der Waals surface area contributed by atoms with Gasteiger partial charge >= 0.3 is 0 Å². The standard InChI is InChI=1S/C8H13N5O/c1-6-10-7(9)12-8(11-6)13-2-4-14-5-3-13/h2-5H2,1H3,(H2,9,10,11,12). The molecule has 0 aliphatic carbocycles. The fraction of sp³-hybridized carbons (Fsp3) is 0.625. The molecular formula is C8H13N5O. The van der Waals surface area contributed by atoms with E-state index in [0.29, 0.717) is 25.0 Å². The predicted octanol–water partition coefficient (Wildman–Crippen LogP) is -0.401. The van der Waals surface area contributed by atoms with Gasteiger partial charge in [-0.15, -0.1) is 0 Å². The lowest BCUT2D eigenvalue weighted by atomic mass is 10.4. The van der Waals surface area contributed by atoms with Crippen molar-refractivity contribution in [2.45, 2.75) is 6.92 Å². The summed E-state index contributed by atoms with van der Waals surface area (Å²) in [5, 5.41) is 0. The highest BCUT2D eigenvalue weighted by Crippen LogP contribution is 2.10. The average molecular weight is 195 g/mol. The van der Waals surface area contributed by atoms with E-state index in [0.717, 1.165) is 13.1 Å². The van der Waals surface area contributed by atoms with Crippen molar-refractivity contribution < 1.29 is 4.74 Å². The number of anilines is 2. The van der Waals surface area contributed by atoms with E-state index < -0.39 is 0 Å². The Balaban J connectivity index is 2.21. The van der Waals surface area contributed by atoms with E-state index in [4.69, 9.17) is 10.5 Å². The normalized spacial score (nSPS) is 17.1. The van der Waals surface area contributed by atoms with Crippen LogP contribution in [0.15, 0.2) is 0 Å². The molecule has 1 aromatic rings. The van der Waals surface area contributed by atoms with Crippen LogP contribution in [0.2, 0.25) is 0 Å². The molecule has 0 radical (unpaired) electrons. The van der Waals surface area contributed by atoms with Crippen LogP contribution in [0.25, 0.3) is 0 Å². The number of aryl methyl sites for hydroxylation is 1. The van der Waals surface area contributed by atoms with E-state index in [1.54, 1.807) is 0 Å². The second-order valence-corrected chi connectivity index (χ2v) is 3.14. The summed E-state index contributed by atoms with van der Waals surface area (Å²) in [5.74, 6) is 1.58. The van der Waals surface area contributed by atoms with Crippen molar-refractivity contribution >= 4 is 11.9 Å². The van der Waals surface area contributed by atoms with Crippen LogP contribution in [0.3, 0.4) is 0 Å². The van der Waals surface area contributed by atoms with Crippen molar-refractivity contribution in [2.75, 3.05) is 36.9 Å². The van der Waals surface area contributed by atoms with Crippen molar-refractivity contribution in [1.29, 1.82) is 0 Å². The zero-order valence-electron chi connectivity index (χ0n) is 8.10. The van der Waals surface area contributed by atoms with Crippen LogP contribution < -0.4 is 10.6 Å². The van der Waals surface area contributed by atoms with Gasteiger partial charge in [0.15, 0.2) is 0 Å². The monoisotopic (exact) mass is 195 g/mol. The first kappa shape index (κ1) is 9.14. The van der Waals surface area contributed by atoms with Crippen molar-refractivity contribution in [3.8, 4) is 0 Å². The Morgan fingerprint density at radius 1 is 1.21 bits per heavy atom. The molecule has 2 N–H and O–H groups in total. The molecule has 2 rings (SSSR count). The Hall–Kier alpha value is -1.43. The van der Waals surface area contributed by atoms with Crippen molar-refractivity contribution in [3.63, 3.8) is 0 Å². The third kappa shape index (κ3) is 1.90. The average Bonchev–Trinajstić information content (AvgIpc) is 2.18. The van der Waals surface area contributed by atoms with Gasteiger partial charge in [0.25, 0.3) is 0 Å². The first-order chi connectivity index (χ1) is 6.75. The lowest BCUT2D eigenvalue weighted by Crippen LogP contribution is -2.37. The quantitative estimate of drug-likeness (QED) is 0.657. The van der Waals surface area contributed by atoms with Gasteiger partial charge in [-0.1, -0.05) is 0 Å². The van der Waals surface area contributed by atoms with E-state index in [9.17, 15) is 0 Å². The highest BCUT2D eigenvalue weighted by Gasteiger charge is 2.14. The summed E-state index contributed by atoms with van der Waals surface area (Å²) in [6.45, 7) is 4.85. The largest absolute Gasteiger partial charge is 0.378 e. The maximum Gasteiger partial charge on any atom is 0.230 e. The van der Waals surface area contributed by atoms with Crippen LogP contribution in [0.4, 0.5) is 11.9 Å². The molecule has 1 aromatic heterocycles. The molecule has 0 unspecified atom stereocenters. The summed E-state index contributed by atoms with van der Waals surface area (Å²) in [6, 6.07) is 0. The minimum Gasteiger partial charge on any atom is -0.378 e. The zero-order chi connectivity index (χ0) is 9.97. The van der Waals surface area contributed by atoms with Crippen molar-refractivity contribution in [2.24, 2.45) is 0 Å². The summed E-state index contributed by atoms with van der Waals surface area (Å²) >= 11 is 0. The van der Waals surface area contributed by atoms with Crippen molar-refractivity contribution in [1.82, 2.24) is 15.0 Å². The SMILES string of the molecule is Cc1nc(N)nc(N2CCOCC2)n1. The van der Waals surface area contributed by atoms with Crippen LogP contribution in [0.5, 0.6) is 0 Å². The number of morpholine rings is 1. The number of aromatic nitrogens is 3. The molecule has 2 heterocycles. The van der Waals surface area contributed by atoms with Gasteiger partial charge in [0.1, 0.15) is 5.82 Å². The molecule has 0 amide bonds. The molecule has 1 saturated heterocycles. The van der Waals surface area contributed by atoms with Gasteiger partial charge in [0, 0.05) is 13.1 Å². The molecule has 0 spiro atoms. The van der Waals surface area contributed by atoms with E-state index in [2.05, 4.69) is 19.9 Å². The number of nitrogen functional groups attached to an aromatic ring is 1. The van der Waals surface area contributed by atoms with Gasteiger partial charge in [-0.05, 0) is 6.92 Å². The number of rotatable bonds is 1. The highest BCUT2D eigenvalue weighted by molar-refractivity contribution is 5.34. The maximum absolute atomic E-state index is 5.55. The molecule has 14 heavy (non-hydrogen) atoms. The molecule has 76 valence electrons. The van der Waals surface area contributed by atoms with Gasteiger partial charge in [0.05, 0.1) is 13.2 Å². The Kier molecular flexibility index (Phi) is 2.45. The summed E-state index contributed by atoms with van der Waals surface area (Å²) in [6.07, 6.45) is 0. The summed E-state index contributed by atoms with van der Waals surface area (Å²) in [5.41, 5.74) is 5.55. The number of nitrogens with zero attached hydrogens (tertiary/aromatic N) is 4. The molecule has 0 bridgehead atoms. The first-order valence-electron chi connectivity index (χ1n) is 4.56. The van der Waals surface area contributed by atoms with Gasteiger partial charge in [0.2, 0.25) is 11.9 Å². The number of hydrogen-bond donors (Lipinski definition) is 1. The lowest BCUT2D eigenvalue weighted by Gasteiger charge is -2.26. The molecular weight excluding hydrogens is 182 g/mol. The highest BCUT2D eigenvalue weighted by atomic mass is 16.5. The first-order valence-corrected chi connectivity index (χ1v) is 4.56. The van der Waals surface area contributed by atoms with E-state index in [1.807, 2.05) is 6.92 Å². The number of ether oxygens (including phenoxy) is 1. The Morgan fingerprint density at radius 3 is 2.57 bits per heavy atom. The minimum absolute atomic E-state index is 0.277. The maximum atomic E-state index is 5.55. The van der Waals surface area contributed by atoms with Crippen molar-refractivity contribution in [3.05, 3.63) is 5.82 Å². The molecule has 6 heteroatoms. The third-order valence-corrected chi connectivity index (χ3v) is 2.05. The fourth-order valence-electron chi connectivity index (χ4n) is 1.39. The topological polar surface area (TPSA) is 77.2 Å². The molecule has 6 nitrogen and oxygen atoms in total. The summed E-state index contributed by atoms with van der Waals surface area (Å²) in [4.78, 5) is 14.3. The minimum atomic E-state index is 0.277. The van der Waals surface area contributed by atoms with Crippen LogP contribution >= 0.6 is 0 Å². The summed E-state index contributed by atoms with van der Waals surface area (Å²) in [7, 11) is 0. The van der Waals surface area contributed by atoms with Crippen LogP contribution in [0.1, 0.15) is 5.82 Å². The van der Waals surface area contributed by atoms with E-state index >= 15 is 0 Å².